The molecule has 6 nitrogen and oxygen atoms in total. The van der Waals surface area contributed by atoms with E-state index in [1.165, 1.54) is 0 Å². The molecule has 1 aliphatic carbocycles. The van der Waals surface area contributed by atoms with Gasteiger partial charge in [-0.25, -0.2) is 9.59 Å². The van der Waals surface area contributed by atoms with Gasteiger partial charge in [0.15, 0.2) is 0 Å². The molecule has 0 saturated heterocycles. The Morgan fingerprint density at radius 2 is 1.64 bits per heavy atom. The Labute approximate surface area is 164 Å². The molecule has 148 valence electrons. The van der Waals surface area contributed by atoms with Gasteiger partial charge in [0.25, 0.3) is 0 Å². The summed E-state index contributed by atoms with van der Waals surface area (Å²) in [6.45, 7) is 0.729. The number of methoxy groups -OCH3 is 1. The second-order valence-corrected chi connectivity index (χ2v) is 6.85. The summed E-state index contributed by atoms with van der Waals surface area (Å²) < 4.78 is 10.4. The monoisotopic (exact) mass is 383 g/mol. The van der Waals surface area contributed by atoms with Crippen LogP contribution in [0.1, 0.15) is 36.3 Å². The molecular formula is C22H25NO5. The molecule has 0 saturated carbocycles. The van der Waals surface area contributed by atoms with Gasteiger partial charge in [-0.1, -0.05) is 48.5 Å². The summed E-state index contributed by atoms with van der Waals surface area (Å²) >= 11 is 0. The zero-order chi connectivity index (χ0) is 19.9. The number of benzene rings is 2. The minimum Gasteiger partial charge on any atom is -0.480 e. The zero-order valence-electron chi connectivity index (χ0n) is 15.9. The summed E-state index contributed by atoms with van der Waals surface area (Å²) in [5.74, 6) is -1.12. The number of amides is 1. The minimum absolute atomic E-state index is 0.0527. The molecule has 1 unspecified atom stereocenters. The van der Waals surface area contributed by atoms with Gasteiger partial charge in [0.2, 0.25) is 0 Å². The van der Waals surface area contributed by atoms with E-state index in [-0.39, 0.29) is 12.5 Å². The summed E-state index contributed by atoms with van der Waals surface area (Å²) in [5, 5.41) is 11.8. The Bertz CT molecular complexity index is 790. The number of ether oxygens (including phenoxy) is 2. The lowest BCUT2D eigenvalue weighted by molar-refractivity contribution is -0.139. The molecule has 0 heterocycles. The maximum absolute atomic E-state index is 12.2. The van der Waals surface area contributed by atoms with Crippen LogP contribution in [0.15, 0.2) is 48.5 Å². The summed E-state index contributed by atoms with van der Waals surface area (Å²) in [6, 6.07) is 15.2. The second kappa shape index (κ2) is 9.37. The molecule has 2 N–H and O–H groups in total. The molecule has 0 aliphatic heterocycles. The van der Waals surface area contributed by atoms with Crippen molar-refractivity contribution >= 4 is 12.1 Å². The van der Waals surface area contributed by atoms with Gasteiger partial charge >= 0.3 is 12.1 Å². The largest absolute Gasteiger partial charge is 0.480 e. The molecular weight excluding hydrogens is 358 g/mol. The number of nitrogens with one attached hydrogen (secondary N) is 1. The molecule has 2 aromatic carbocycles. The number of rotatable bonds is 9. The van der Waals surface area contributed by atoms with E-state index in [0.29, 0.717) is 19.4 Å². The molecule has 0 spiro atoms. The van der Waals surface area contributed by atoms with Gasteiger partial charge in [-0.05, 0) is 41.5 Å². The van der Waals surface area contributed by atoms with Crippen molar-refractivity contribution in [3.8, 4) is 11.1 Å². The van der Waals surface area contributed by atoms with Gasteiger partial charge < -0.3 is 19.9 Å². The maximum Gasteiger partial charge on any atom is 0.407 e. The van der Waals surface area contributed by atoms with Crippen molar-refractivity contribution in [2.75, 3.05) is 20.3 Å². The lowest BCUT2D eigenvalue weighted by atomic mass is 9.98. The number of carbonyl (C=O) groups excluding carboxylic acids is 1. The highest BCUT2D eigenvalue weighted by Gasteiger charge is 2.29. The van der Waals surface area contributed by atoms with Crippen LogP contribution in [0.5, 0.6) is 0 Å². The minimum atomic E-state index is -1.06. The van der Waals surface area contributed by atoms with E-state index >= 15 is 0 Å². The molecule has 0 aromatic heterocycles. The van der Waals surface area contributed by atoms with Gasteiger partial charge in [0.1, 0.15) is 12.6 Å². The molecule has 1 amide bonds. The Morgan fingerprint density at radius 3 is 2.21 bits per heavy atom. The first-order valence-electron chi connectivity index (χ1n) is 9.45. The number of aliphatic carboxylic acids is 1. The molecule has 1 aliphatic rings. The number of alkyl carbamates (subject to hydrolysis) is 1. The lowest BCUT2D eigenvalue weighted by Crippen LogP contribution is -2.41. The van der Waals surface area contributed by atoms with Crippen LogP contribution in [0.2, 0.25) is 0 Å². The molecule has 6 heteroatoms. The third kappa shape index (κ3) is 4.51. The molecule has 1 atom stereocenters. The van der Waals surface area contributed by atoms with E-state index in [0.717, 1.165) is 28.7 Å². The second-order valence-electron chi connectivity index (χ2n) is 6.85. The number of carboxylic acid groups (broad SMARTS) is 1. The fourth-order valence-corrected chi connectivity index (χ4v) is 3.63. The van der Waals surface area contributed by atoms with Gasteiger partial charge in [-0.15, -0.1) is 0 Å². The Balaban J connectivity index is 1.60. The summed E-state index contributed by atoms with van der Waals surface area (Å²) in [6.07, 6.45) is 1.02. The molecule has 0 radical (unpaired) electrons. The van der Waals surface area contributed by atoms with Crippen LogP contribution in [0.4, 0.5) is 4.79 Å². The molecule has 2 aromatic rings. The van der Waals surface area contributed by atoms with E-state index in [1.54, 1.807) is 7.11 Å². The van der Waals surface area contributed by atoms with E-state index in [2.05, 4.69) is 17.4 Å². The van der Waals surface area contributed by atoms with E-state index in [1.807, 2.05) is 36.4 Å². The SMILES string of the molecule is COCCCCC(NC(=O)OCC1c2ccccc2-c2ccccc21)C(=O)O. The van der Waals surface area contributed by atoms with Crippen molar-refractivity contribution in [3.05, 3.63) is 59.7 Å². The van der Waals surface area contributed by atoms with E-state index in [4.69, 9.17) is 9.47 Å². The molecule has 3 rings (SSSR count). The third-order valence-electron chi connectivity index (χ3n) is 5.03. The predicted molar refractivity (Wildman–Crippen MR) is 105 cm³/mol. The van der Waals surface area contributed by atoms with Crippen LogP contribution in [-0.2, 0) is 14.3 Å². The van der Waals surface area contributed by atoms with Gasteiger partial charge in [-0.2, -0.15) is 0 Å². The molecule has 0 bridgehead atoms. The summed E-state index contributed by atoms with van der Waals surface area (Å²) in [5.41, 5.74) is 4.53. The smallest absolute Gasteiger partial charge is 0.407 e. The Hall–Kier alpha value is -2.86. The molecule has 0 fully saturated rings. The zero-order valence-corrected chi connectivity index (χ0v) is 15.9. The van der Waals surface area contributed by atoms with Gasteiger partial charge in [0.05, 0.1) is 0 Å². The standard InChI is InChI=1S/C22H25NO5/c1-27-13-7-6-12-20(21(24)25)23-22(26)28-14-19-17-10-4-2-8-15(17)16-9-3-5-11-18(16)19/h2-5,8-11,19-20H,6-7,12-14H2,1H3,(H,23,26)(H,24,25). The Kier molecular flexibility index (Phi) is 6.66. The first-order chi connectivity index (χ1) is 13.6. The van der Waals surface area contributed by atoms with Gasteiger partial charge in [0, 0.05) is 19.6 Å². The van der Waals surface area contributed by atoms with Crippen LogP contribution in [0.3, 0.4) is 0 Å². The average Bonchev–Trinajstić information content (AvgIpc) is 3.02. The summed E-state index contributed by atoms with van der Waals surface area (Å²) in [7, 11) is 1.60. The normalized spacial score (nSPS) is 13.5. The fraction of sp³-hybridized carbons (Fsp3) is 0.364. The van der Waals surface area contributed by atoms with Crippen molar-refractivity contribution in [1.82, 2.24) is 5.32 Å². The predicted octanol–water partition coefficient (Wildman–Crippen LogP) is 3.80. The van der Waals surface area contributed by atoms with Crippen molar-refractivity contribution in [1.29, 1.82) is 0 Å². The highest BCUT2D eigenvalue weighted by Crippen LogP contribution is 2.44. The quantitative estimate of drug-likeness (QED) is 0.644. The first kappa shape index (κ1) is 19.9. The number of hydrogen-bond donors (Lipinski definition) is 2. The average molecular weight is 383 g/mol. The third-order valence-corrected chi connectivity index (χ3v) is 5.03. The topological polar surface area (TPSA) is 84.9 Å². The van der Waals surface area contributed by atoms with Crippen LogP contribution >= 0.6 is 0 Å². The van der Waals surface area contributed by atoms with Crippen LogP contribution in [0.25, 0.3) is 11.1 Å². The first-order valence-corrected chi connectivity index (χ1v) is 9.45. The van der Waals surface area contributed by atoms with Crippen molar-refractivity contribution < 1.29 is 24.2 Å². The van der Waals surface area contributed by atoms with Crippen molar-refractivity contribution in [2.24, 2.45) is 0 Å². The van der Waals surface area contributed by atoms with Gasteiger partial charge in [-0.3, -0.25) is 0 Å². The highest BCUT2D eigenvalue weighted by molar-refractivity contribution is 5.81. The van der Waals surface area contributed by atoms with E-state index in [9.17, 15) is 14.7 Å². The number of carbonyl (C=O) groups is 2. The fourth-order valence-electron chi connectivity index (χ4n) is 3.63. The van der Waals surface area contributed by atoms with Crippen LogP contribution in [0, 0.1) is 0 Å². The maximum atomic E-state index is 12.2. The number of fused-ring (bicyclic) bond motifs is 3. The Morgan fingerprint density at radius 1 is 1.04 bits per heavy atom. The van der Waals surface area contributed by atoms with Crippen molar-refractivity contribution in [2.45, 2.75) is 31.2 Å². The summed E-state index contributed by atoms with van der Waals surface area (Å²) in [4.78, 5) is 23.6. The molecule has 28 heavy (non-hydrogen) atoms. The number of hydrogen-bond acceptors (Lipinski definition) is 4. The van der Waals surface area contributed by atoms with E-state index < -0.39 is 18.1 Å². The lowest BCUT2D eigenvalue weighted by Gasteiger charge is -2.17. The van der Waals surface area contributed by atoms with Crippen LogP contribution in [-0.4, -0.2) is 43.5 Å². The number of unbranched alkanes of at least 4 members (excludes halogenated alkanes) is 1. The highest BCUT2D eigenvalue weighted by atomic mass is 16.5. The number of carboxylic acids is 1. The van der Waals surface area contributed by atoms with Crippen LogP contribution < -0.4 is 5.32 Å². The van der Waals surface area contributed by atoms with Crippen molar-refractivity contribution in [3.63, 3.8) is 0 Å².